The van der Waals surface area contributed by atoms with Crippen molar-refractivity contribution >= 4 is 23.6 Å². The van der Waals surface area contributed by atoms with Gasteiger partial charge in [0.15, 0.2) is 5.69 Å². The Labute approximate surface area is 156 Å². The topological polar surface area (TPSA) is 109 Å². The molecule has 2 aromatic rings. The van der Waals surface area contributed by atoms with Gasteiger partial charge in [0.1, 0.15) is 11.6 Å². The first kappa shape index (κ1) is 18.6. The van der Waals surface area contributed by atoms with Crippen molar-refractivity contribution in [3.8, 4) is 0 Å². The molecule has 0 amide bonds. The Balaban J connectivity index is 1.64. The van der Waals surface area contributed by atoms with E-state index in [9.17, 15) is 9.59 Å². The minimum Gasteiger partial charge on any atom is -0.476 e. The summed E-state index contributed by atoms with van der Waals surface area (Å²) < 4.78 is 4.97. The Morgan fingerprint density at radius 2 is 1.70 bits per heavy atom. The standard InChI is InChI=1S/C18H21N5O4/c1-2-27-18(26)13-4-5-15(20-10-13)22-6-3-7-23(9-8-22)16-12-19-14(11-21-16)17(24)25/h4-5,10-12H,2-3,6-9H2,1H3,(H,24,25). The SMILES string of the molecule is CCOC(=O)c1ccc(N2CCCN(c3cnc(C(=O)O)cn3)CC2)nc1. The van der Waals surface area contributed by atoms with Gasteiger partial charge in [0.05, 0.1) is 24.6 Å². The predicted octanol–water partition coefficient (Wildman–Crippen LogP) is 1.46. The highest BCUT2D eigenvalue weighted by Gasteiger charge is 2.18. The second-order valence-corrected chi connectivity index (χ2v) is 6.02. The lowest BCUT2D eigenvalue weighted by atomic mass is 10.2. The highest BCUT2D eigenvalue weighted by molar-refractivity contribution is 5.89. The van der Waals surface area contributed by atoms with Gasteiger partial charge in [-0.25, -0.2) is 24.5 Å². The van der Waals surface area contributed by atoms with E-state index in [0.717, 1.165) is 31.9 Å². The van der Waals surface area contributed by atoms with Gasteiger partial charge >= 0.3 is 11.9 Å². The molecule has 1 aliphatic heterocycles. The normalized spacial score (nSPS) is 14.6. The van der Waals surface area contributed by atoms with Gasteiger partial charge in [0.25, 0.3) is 0 Å². The van der Waals surface area contributed by atoms with E-state index >= 15 is 0 Å². The molecule has 1 saturated heterocycles. The Morgan fingerprint density at radius 3 is 2.26 bits per heavy atom. The highest BCUT2D eigenvalue weighted by Crippen LogP contribution is 2.17. The Hall–Kier alpha value is -3.23. The number of carboxylic acid groups (broad SMARTS) is 1. The maximum atomic E-state index is 11.7. The summed E-state index contributed by atoms with van der Waals surface area (Å²) in [6.07, 6.45) is 5.19. The van der Waals surface area contributed by atoms with E-state index < -0.39 is 5.97 Å². The monoisotopic (exact) mass is 371 g/mol. The molecule has 0 atom stereocenters. The number of esters is 1. The fraction of sp³-hybridized carbons (Fsp3) is 0.389. The van der Waals surface area contributed by atoms with Crippen LogP contribution in [0.2, 0.25) is 0 Å². The van der Waals surface area contributed by atoms with Crippen LogP contribution in [0, 0.1) is 0 Å². The van der Waals surface area contributed by atoms with Gasteiger partial charge in [-0.05, 0) is 25.5 Å². The van der Waals surface area contributed by atoms with Crippen LogP contribution < -0.4 is 9.80 Å². The molecule has 9 heteroatoms. The van der Waals surface area contributed by atoms with Crippen molar-refractivity contribution in [1.82, 2.24) is 15.0 Å². The first-order chi connectivity index (χ1) is 13.1. The van der Waals surface area contributed by atoms with Crippen molar-refractivity contribution < 1.29 is 19.4 Å². The number of hydrogen-bond acceptors (Lipinski definition) is 8. The van der Waals surface area contributed by atoms with Gasteiger partial charge in [0.2, 0.25) is 0 Å². The van der Waals surface area contributed by atoms with Crippen LogP contribution >= 0.6 is 0 Å². The van der Waals surface area contributed by atoms with Crippen LogP contribution in [-0.4, -0.2) is 64.8 Å². The van der Waals surface area contributed by atoms with Crippen molar-refractivity contribution in [2.24, 2.45) is 0 Å². The summed E-state index contributed by atoms with van der Waals surface area (Å²) in [4.78, 5) is 39.4. The number of hydrogen-bond donors (Lipinski definition) is 1. The molecule has 1 aliphatic rings. The molecule has 3 rings (SSSR count). The lowest BCUT2D eigenvalue weighted by molar-refractivity contribution is 0.0525. The average Bonchev–Trinajstić information content (AvgIpc) is 2.94. The van der Waals surface area contributed by atoms with E-state index in [2.05, 4.69) is 24.8 Å². The zero-order valence-electron chi connectivity index (χ0n) is 15.0. The number of aromatic nitrogens is 3. The molecule has 1 fully saturated rings. The van der Waals surface area contributed by atoms with Gasteiger partial charge < -0.3 is 19.6 Å². The summed E-state index contributed by atoms with van der Waals surface area (Å²) in [6.45, 7) is 5.15. The summed E-state index contributed by atoms with van der Waals surface area (Å²) in [7, 11) is 0. The maximum absolute atomic E-state index is 11.7. The third-order valence-corrected chi connectivity index (χ3v) is 4.26. The Morgan fingerprint density at radius 1 is 1.00 bits per heavy atom. The van der Waals surface area contributed by atoms with Gasteiger partial charge in [0, 0.05) is 32.4 Å². The summed E-state index contributed by atoms with van der Waals surface area (Å²) in [5.41, 5.74) is 0.368. The van der Waals surface area contributed by atoms with Crippen LogP contribution in [0.25, 0.3) is 0 Å². The average molecular weight is 371 g/mol. The third-order valence-electron chi connectivity index (χ3n) is 4.26. The van der Waals surface area contributed by atoms with E-state index in [1.54, 1.807) is 13.0 Å². The molecule has 0 aromatic carbocycles. The van der Waals surface area contributed by atoms with E-state index in [0.29, 0.717) is 24.5 Å². The number of aromatic carboxylic acids is 1. The predicted molar refractivity (Wildman–Crippen MR) is 98.2 cm³/mol. The zero-order valence-corrected chi connectivity index (χ0v) is 15.0. The Kier molecular flexibility index (Phi) is 5.80. The number of rotatable bonds is 5. The lowest BCUT2D eigenvalue weighted by Gasteiger charge is -2.23. The number of carbonyl (C=O) groups excluding carboxylic acids is 1. The fourth-order valence-electron chi connectivity index (χ4n) is 2.88. The molecule has 0 spiro atoms. The quantitative estimate of drug-likeness (QED) is 0.781. The first-order valence-electron chi connectivity index (χ1n) is 8.77. The molecule has 142 valence electrons. The number of pyridine rings is 1. The number of carbonyl (C=O) groups is 2. The van der Waals surface area contributed by atoms with Gasteiger partial charge in [-0.15, -0.1) is 0 Å². The molecular formula is C18H21N5O4. The zero-order chi connectivity index (χ0) is 19.2. The van der Waals surface area contributed by atoms with Crippen LogP contribution in [-0.2, 0) is 4.74 Å². The molecule has 1 N–H and O–H groups in total. The number of carboxylic acids is 1. The minimum atomic E-state index is -1.09. The van der Waals surface area contributed by atoms with Crippen molar-refractivity contribution in [2.75, 3.05) is 42.6 Å². The number of anilines is 2. The molecule has 27 heavy (non-hydrogen) atoms. The first-order valence-corrected chi connectivity index (χ1v) is 8.77. The second kappa shape index (κ2) is 8.43. The van der Waals surface area contributed by atoms with E-state index in [4.69, 9.17) is 9.84 Å². The largest absolute Gasteiger partial charge is 0.476 e. The number of nitrogens with zero attached hydrogens (tertiary/aromatic N) is 5. The van der Waals surface area contributed by atoms with Crippen LogP contribution in [0.3, 0.4) is 0 Å². The van der Waals surface area contributed by atoms with Crippen LogP contribution in [0.1, 0.15) is 34.2 Å². The van der Waals surface area contributed by atoms with Gasteiger partial charge in [-0.1, -0.05) is 0 Å². The van der Waals surface area contributed by atoms with Crippen molar-refractivity contribution in [3.63, 3.8) is 0 Å². The fourth-order valence-corrected chi connectivity index (χ4v) is 2.88. The Bertz CT molecular complexity index is 794. The lowest BCUT2D eigenvalue weighted by Crippen LogP contribution is -2.31. The van der Waals surface area contributed by atoms with Gasteiger partial charge in [-0.2, -0.15) is 0 Å². The molecule has 2 aromatic heterocycles. The summed E-state index contributed by atoms with van der Waals surface area (Å²) in [5.74, 6) is 0.0000748. The number of ether oxygens (including phenoxy) is 1. The molecule has 9 nitrogen and oxygen atoms in total. The third kappa shape index (κ3) is 4.49. The van der Waals surface area contributed by atoms with Crippen molar-refractivity contribution in [3.05, 3.63) is 42.0 Å². The van der Waals surface area contributed by atoms with Crippen LogP contribution in [0.15, 0.2) is 30.7 Å². The molecule has 0 bridgehead atoms. The second-order valence-electron chi connectivity index (χ2n) is 6.02. The van der Waals surface area contributed by atoms with Crippen LogP contribution in [0.4, 0.5) is 11.6 Å². The minimum absolute atomic E-state index is 0.0684. The van der Waals surface area contributed by atoms with Crippen LogP contribution in [0.5, 0.6) is 0 Å². The molecule has 0 aliphatic carbocycles. The molecule has 0 radical (unpaired) electrons. The summed E-state index contributed by atoms with van der Waals surface area (Å²) in [5, 5.41) is 8.92. The maximum Gasteiger partial charge on any atom is 0.356 e. The molecule has 0 unspecified atom stereocenters. The molecule has 3 heterocycles. The van der Waals surface area contributed by atoms with E-state index in [1.165, 1.54) is 18.6 Å². The summed E-state index contributed by atoms with van der Waals surface area (Å²) in [6, 6.07) is 3.54. The smallest absolute Gasteiger partial charge is 0.356 e. The van der Waals surface area contributed by atoms with Crippen molar-refractivity contribution in [1.29, 1.82) is 0 Å². The highest BCUT2D eigenvalue weighted by atomic mass is 16.5. The summed E-state index contributed by atoms with van der Waals surface area (Å²) >= 11 is 0. The van der Waals surface area contributed by atoms with Gasteiger partial charge in [-0.3, -0.25) is 0 Å². The van der Waals surface area contributed by atoms with E-state index in [-0.39, 0.29) is 11.7 Å². The van der Waals surface area contributed by atoms with Crippen molar-refractivity contribution in [2.45, 2.75) is 13.3 Å². The molecular weight excluding hydrogens is 350 g/mol. The molecule has 0 saturated carbocycles. The van der Waals surface area contributed by atoms with E-state index in [1.807, 2.05) is 6.07 Å².